The van der Waals surface area contributed by atoms with E-state index in [4.69, 9.17) is 5.73 Å². The molecule has 72 valence electrons. The number of nitrogens with two attached hydrogens (primary N) is 1. The minimum absolute atomic E-state index is 0.199. The molecule has 4 heteroatoms. The van der Waals surface area contributed by atoms with Gasteiger partial charge in [-0.2, -0.15) is 0 Å². The Morgan fingerprint density at radius 2 is 1.92 bits per heavy atom. The fourth-order valence-electron chi connectivity index (χ4n) is 1.23. The number of nitrogens with zero attached hydrogens (tertiary/aromatic N) is 1. The highest BCUT2D eigenvalue weighted by molar-refractivity contribution is 5.54. The van der Waals surface area contributed by atoms with Crippen molar-refractivity contribution in [3.8, 4) is 0 Å². The van der Waals surface area contributed by atoms with Gasteiger partial charge < -0.3 is 10.6 Å². The van der Waals surface area contributed by atoms with E-state index in [1.807, 2.05) is 0 Å². The Hall–Kier alpha value is -1.16. The largest absolute Gasteiger partial charge is 0.375 e. The van der Waals surface area contributed by atoms with Crippen molar-refractivity contribution in [3.63, 3.8) is 0 Å². The molecule has 13 heavy (non-hydrogen) atoms. The van der Waals surface area contributed by atoms with Gasteiger partial charge in [0, 0.05) is 20.6 Å². The lowest BCUT2D eigenvalue weighted by atomic mass is 10.1. The Labute approximate surface area is 76.0 Å². The second-order valence-corrected chi connectivity index (χ2v) is 2.97. The number of benzene rings is 1. The van der Waals surface area contributed by atoms with Crippen molar-refractivity contribution < 1.29 is 8.78 Å². The van der Waals surface area contributed by atoms with Crippen molar-refractivity contribution in [2.24, 2.45) is 5.73 Å². The molecule has 1 aromatic rings. The summed E-state index contributed by atoms with van der Waals surface area (Å²) < 4.78 is 26.0. The number of rotatable bonds is 2. The minimum atomic E-state index is -0.846. The van der Waals surface area contributed by atoms with Crippen molar-refractivity contribution >= 4 is 5.69 Å². The van der Waals surface area contributed by atoms with Crippen LogP contribution in [-0.4, -0.2) is 14.1 Å². The van der Waals surface area contributed by atoms with Crippen LogP contribution in [0.1, 0.15) is 5.56 Å². The number of halogens is 2. The maximum absolute atomic E-state index is 13.2. The van der Waals surface area contributed by atoms with Crippen molar-refractivity contribution in [3.05, 3.63) is 29.3 Å². The fraction of sp³-hybridized carbons (Fsp3) is 0.333. The lowest BCUT2D eigenvalue weighted by molar-refractivity contribution is 0.507. The molecular weight excluding hydrogens is 174 g/mol. The zero-order valence-electron chi connectivity index (χ0n) is 7.64. The second-order valence-electron chi connectivity index (χ2n) is 2.97. The molecule has 0 heterocycles. The molecule has 0 aliphatic heterocycles. The van der Waals surface area contributed by atoms with Crippen LogP contribution in [0.4, 0.5) is 14.5 Å². The number of hydrogen-bond acceptors (Lipinski definition) is 2. The van der Waals surface area contributed by atoms with Crippen molar-refractivity contribution in [2.75, 3.05) is 19.0 Å². The predicted molar refractivity (Wildman–Crippen MR) is 48.6 cm³/mol. The normalized spacial score (nSPS) is 10.2. The van der Waals surface area contributed by atoms with Gasteiger partial charge in [0.2, 0.25) is 0 Å². The molecular formula is C9H12F2N2. The Morgan fingerprint density at radius 1 is 1.31 bits per heavy atom. The van der Waals surface area contributed by atoms with E-state index in [9.17, 15) is 8.78 Å². The van der Waals surface area contributed by atoms with Crippen LogP contribution in [0.15, 0.2) is 12.1 Å². The van der Waals surface area contributed by atoms with E-state index in [2.05, 4.69) is 0 Å². The standard InChI is InChI=1S/C9H12F2N2/c1-13(2)9-6(5-12)3-4-7(10)8(9)11/h3-4H,5,12H2,1-2H3. The third-order valence-electron chi connectivity index (χ3n) is 1.82. The van der Waals surface area contributed by atoms with Crippen LogP contribution >= 0.6 is 0 Å². The summed E-state index contributed by atoms with van der Waals surface area (Å²) in [4.78, 5) is 1.51. The zero-order chi connectivity index (χ0) is 10.0. The lowest BCUT2D eigenvalue weighted by Gasteiger charge is -2.17. The molecule has 0 amide bonds. The predicted octanol–water partition coefficient (Wildman–Crippen LogP) is 1.49. The highest BCUT2D eigenvalue weighted by Gasteiger charge is 2.13. The van der Waals surface area contributed by atoms with Gasteiger partial charge in [0.15, 0.2) is 11.6 Å². The molecule has 0 aliphatic rings. The van der Waals surface area contributed by atoms with Gasteiger partial charge in [-0.25, -0.2) is 8.78 Å². The van der Waals surface area contributed by atoms with Gasteiger partial charge in [-0.1, -0.05) is 6.07 Å². The molecule has 2 N–H and O–H groups in total. The molecule has 0 fully saturated rings. The minimum Gasteiger partial charge on any atom is -0.375 e. The molecule has 0 spiro atoms. The zero-order valence-corrected chi connectivity index (χ0v) is 7.64. The van der Waals surface area contributed by atoms with Gasteiger partial charge in [0.25, 0.3) is 0 Å². The van der Waals surface area contributed by atoms with E-state index in [1.54, 1.807) is 14.1 Å². The van der Waals surface area contributed by atoms with E-state index in [0.717, 1.165) is 6.07 Å². The molecule has 1 aromatic carbocycles. The van der Waals surface area contributed by atoms with Crippen molar-refractivity contribution in [2.45, 2.75) is 6.54 Å². The third-order valence-corrected chi connectivity index (χ3v) is 1.82. The summed E-state index contributed by atoms with van der Waals surface area (Å²) in [6.45, 7) is 0.199. The molecule has 0 aromatic heterocycles. The first kappa shape index (κ1) is 9.92. The van der Waals surface area contributed by atoms with E-state index in [0.29, 0.717) is 5.56 Å². The van der Waals surface area contributed by atoms with Gasteiger partial charge in [-0.15, -0.1) is 0 Å². The maximum atomic E-state index is 13.2. The molecule has 0 atom stereocenters. The van der Waals surface area contributed by atoms with Gasteiger partial charge in [0.05, 0.1) is 5.69 Å². The summed E-state index contributed by atoms with van der Waals surface area (Å²) >= 11 is 0. The second kappa shape index (κ2) is 3.70. The monoisotopic (exact) mass is 186 g/mol. The quantitative estimate of drug-likeness (QED) is 0.758. The Balaban J connectivity index is 3.32. The molecule has 0 saturated carbocycles. The van der Waals surface area contributed by atoms with E-state index in [1.165, 1.54) is 11.0 Å². The van der Waals surface area contributed by atoms with Crippen LogP contribution in [0.5, 0.6) is 0 Å². The molecule has 0 unspecified atom stereocenters. The average Bonchev–Trinajstić information content (AvgIpc) is 2.08. The molecule has 2 nitrogen and oxygen atoms in total. The van der Waals surface area contributed by atoms with E-state index in [-0.39, 0.29) is 12.2 Å². The van der Waals surface area contributed by atoms with Crippen LogP contribution in [0.25, 0.3) is 0 Å². The summed E-state index contributed by atoms with van der Waals surface area (Å²) in [5.41, 5.74) is 6.22. The summed E-state index contributed by atoms with van der Waals surface area (Å²) in [5, 5.41) is 0. The Kier molecular flexibility index (Phi) is 2.83. The van der Waals surface area contributed by atoms with E-state index < -0.39 is 11.6 Å². The Morgan fingerprint density at radius 3 is 2.38 bits per heavy atom. The molecule has 0 saturated heterocycles. The average molecular weight is 186 g/mol. The number of anilines is 1. The van der Waals surface area contributed by atoms with Gasteiger partial charge in [-0.05, 0) is 11.6 Å². The highest BCUT2D eigenvalue weighted by atomic mass is 19.2. The highest BCUT2D eigenvalue weighted by Crippen LogP contribution is 2.24. The first-order chi connectivity index (χ1) is 6.07. The summed E-state index contributed by atoms with van der Waals surface area (Å²) in [5.74, 6) is -1.69. The smallest absolute Gasteiger partial charge is 0.182 e. The SMILES string of the molecule is CN(C)c1c(CN)ccc(F)c1F. The van der Waals surface area contributed by atoms with Crippen LogP contribution in [0, 0.1) is 11.6 Å². The molecule has 0 bridgehead atoms. The summed E-state index contributed by atoms with van der Waals surface area (Å²) in [6, 6.07) is 2.58. The number of hydrogen-bond donors (Lipinski definition) is 1. The summed E-state index contributed by atoms with van der Waals surface area (Å²) in [7, 11) is 3.30. The van der Waals surface area contributed by atoms with Crippen molar-refractivity contribution in [1.82, 2.24) is 0 Å². The maximum Gasteiger partial charge on any atom is 0.182 e. The first-order valence-corrected chi connectivity index (χ1v) is 3.92. The summed E-state index contributed by atoms with van der Waals surface area (Å²) in [6.07, 6.45) is 0. The van der Waals surface area contributed by atoms with Gasteiger partial charge in [-0.3, -0.25) is 0 Å². The van der Waals surface area contributed by atoms with Crippen LogP contribution in [-0.2, 0) is 6.54 Å². The van der Waals surface area contributed by atoms with Crippen LogP contribution in [0.3, 0.4) is 0 Å². The lowest BCUT2D eigenvalue weighted by Crippen LogP contribution is -2.15. The van der Waals surface area contributed by atoms with Crippen molar-refractivity contribution in [1.29, 1.82) is 0 Å². The van der Waals surface area contributed by atoms with Crippen LogP contribution in [0.2, 0.25) is 0 Å². The molecule has 1 rings (SSSR count). The molecule has 0 radical (unpaired) electrons. The van der Waals surface area contributed by atoms with Gasteiger partial charge >= 0.3 is 0 Å². The van der Waals surface area contributed by atoms with Crippen LogP contribution < -0.4 is 10.6 Å². The topological polar surface area (TPSA) is 29.3 Å². The third kappa shape index (κ3) is 1.78. The Bertz CT molecular complexity index is 311. The van der Waals surface area contributed by atoms with E-state index >= 15 is 0 Å². The fourth-order valence-corrected chi connectivity index (χ4v) is 1.23. The first-order valence-electron chi connectivity index (χ1n) is 3.92. The molecule has 0 aliphatic carbocycles. The van der Waals surface area contributed by atoms with Gasteiger partial charge in [0.1, 0.15) is 0 Å².